The summed E-state index contributed by atoms with van der Waals surface area (Å²) in [4.78, 5) is 10.4. The third-order valence-electron chi connectivity index (χ3n) is 5.56. The quantitative estimate of drug-likeness (QED) is 0.588. The molecule has 2 aromatic rings. The normalized spacial score (nSPS) is 18.1. The molecule has 1 saturated carbocycles. The number of nitrogens with zero attached hydrogens (tertiary/aromatic N) is 3. The molecular formula is C20H26FN5O4S. The molecule has 0 bridgehead atoms. The van der Waals surface area contributed by atoms with Gasteiger partial charge >= 0.3 is 0 Å². The maximum atomic E-state index is 14.5. The first-order valence-corrected chi connectivity index (χ1v) is 11.7. The fraction of sp³-hybridized carbons (Fsp3) is 0.500. The van der Waals surface area contributed by atoms with Crippen molar-refractivity contribution >= 4 is 27.5 Å². The van der Waals surface area contributed by atoms with Gasteiger partial charge in [0.2, 0.25) is 16.0 Å². The Morgan fingerprint density at radius 1 is 1.29 bits per heavy atom. The molecule has 0 unspecified atom stereocenters. The molecule has 0 radical (unpaired) electrons. The van der Waals surface area contributed by atoms with Crippen molar-refractivity contribution < 1.29 is 22.3 Å². The average Bonchev–Trinajstić information content (AvgIpc) is 2.74. The monoisotopic (exact) mass is 451 g/mol. The summed E-state index contributed by atoms with van der Waals surface area (Å²) in [6.45, 7) is 2.20. The molecule has 2 aliphatic rings. The molecule has 1 saturated heterocycles. The van der Waals surface area contributed by atoms with Crippen LogP contribution in [0.2, 0.25) is 0 Å². The second kappa shape index (κ2) is 9.03. The zero-order valence-corrected chi connectivity index (χ0v) is 18.1. The largest absolute Gasteiger partial charge is 0.383 e. The summed E-state index contributed by atoms with van der Waals surface area (Å²) in [7, 11) is -2.11. The lowest BCUT2D eigenvalue weighted by molar-refractivity contribution is -0.107. The van der Waals surface area contributed by atoms with E-state index in [0.29, 0.717) is 25.4 Å². The third-order valence-corrected chi connectivity index (χ3v) is 7.03. The van der Waals surface area contributed by atoms with Crippen molar-refractivity contribution in [3.63, 3.8) is 0 Å². The number of halogens is 1. The maximum Gasteiger partial charge on any atom is 0.240 e. The minimum Gasteiger partial charge on any atom is -0.383 e. The highest BCUT2D eigenvalue weighted by Crippen LogP contribution is 2.39. The molecule has 0 atom stereocenters. The topological polar surface area (TPSA) is 106 Å². The van der Waals surface area contributed by atoms with Crippen LogP contribution in [0.4, 0.5) is 21.8 Å². The van der Waals surface area contributed by atoms with Crippen LogP contribution in [0, 0.1) is 5.82 Å². The van der Waals surface area contributed by atoms with Gasteiger partial charge in [-0.2, -0.15) is 4.98 Å². The Labute approximate surface area is 181 Å². The van der Waals surface area contributed by atoms with Crippen LogP contribution < -0.4 is 14.9 Å². The van der Waals surface area contributed by atoms with Crippen LogP contribution in [0.15, 0.2) is 35.4 Å². The van der Waals surface area contributed by atoms with Gasteiger partial charge in [0.1, 0.15) is 0 Å². The Balaban J connectivity index is 1.45. The lowest BCUT2D eigenvalue weighted by atomic mass is 9.79. The van der Waals surface area contributed by atoms with Gasteiger partial charge in [0.05, 0.1) is 29.9 Å². The Morgan fingerprint density at radius 3 is 2.74 bits per heavy atom. The predicted molar refractivity (Wildman–Crippen MR) is 114 cm³/mol. The highest BCUT2D eigenvalue weighted by Gasteiger charge is 2.42. The molecule has 1 aromatic carbocycles. The number of aromatic nitrogens is 2. The number of hydrogen-bond donors (Lipinski definition) is 2. The molecule has 1 aliphatic carbocycles. The van der Waals surface area contributed by atoms with E-state index in [2.05, 4.69) is 20.0 Å². The third kappa shape index (κ3) is 4.95. The first-order chi connectivity index (χ1) is 14.9. The number of methoxy groups -OCH3 is 1. The minimum atomic E-state index is -3.61. The van der Waals surface area contributed by atoms with E-state index in [1.165, 1.54) is 19.2 Å². The fourth-order valence-corrected chi connectivity index (χ4v) is 4.76. The summed E-state index contributed by atoms with van der Waals surface area (Å²) >= 11 is 0. The van der Waals surface area contributed by atoms with Crippen LogP contribution in [0.25, 0.3) is 0 Å². The Morgan fingerprint density at radius 2 is 2.06 bits per heavy atom. The zero-order valence-electron chi connectivity index (χ0n) is 17.3. The minimum absolute atomic E-state index is 0.133. The summed E-state index contributed by atoms with van der Waals surface area (Å²) in [6.07, 6.45) is 4.24. The van der Waals surface area contributed by atoms with Crippen molar-refractivity contribution in [3.8, 4) is 0 Å². The molecule has 168 valence electrons. The second-order valence-electron chi connectivity index (χ2n) is 7.71. The fourth-order valence-electron chi connectivity index (χ4n) is 3.75. The maximum absolute atomic E-state index is 14.5. The summed E-state index contributed by atoms with van der Waals surface area (Å²) in [6, 6.07) is 6.17. The van der Waals surface area contributed by atoms with E-state index >= 15 is 0 Å². The molecular weight excluding hydrogens is 425 g/mol. The predicted octanol–water partition coefficient (Wildman–Crippen LogP) is 2.04. The molecule has 9 nitrogen and oxygen atoms in total. The molecule has 1 aromatic heterocycles. The van der Waals surface area contributed by atoms with Crippen molar-refractivity contribution in [1.82, 2.24) is 14.7 Å². The summed E-state index contributed by atoms with van der Waals surface area (Å²) in [5.41, 5.74) is 0.410. The van der Waals surface area contributed by atoms with Crippen molar-refractivity contribution in [2.24, 2.45) is 0 Å². The van der Waals surface area contributed by atoms with Gasteiger partial charge < -0.3 is 19.7 Å². The van der Waals surface area contributed by atoms with Crippen LogP contribution in [-0.2, 0) is 19.5 Å². The number of anilines is 3. The zero-order chi connectivity index (χ0) is 21.9. The molecule has 2 heterocycles. The van der Waals surface area contributed by atoms with Crippen LogP contribution >= 0.6 is 0 Å². The first kappa shape index (κ1) is 21.9. The molecule has 1 spiro atoms. The van der Waals surface area contributed by atoms with Crippen molar-refractivity contribution in [2.75, 3.05) is 50.2 Å². The van der Waals surface area contributed by atoms with Gasteiger partial charge in [-0.05, 0) is 43.5 Å². The van der Waals surface area contributed by atoms with E-state index in [4.69, 9.17) is 9.47 Å². The van der Waals surface area contributed by atoms with Gasteiger partial charge in [-0.15, -0.1) is 0 Å². The Bertz CT molecular complexity index is 1010. The van der Waals surface area contributed by atoms with Crippen LogP contribution in [-0.4, -0.2) is 63.9 Å². The number of ether oxygens (including phenoxy) is 2. The van der Waals surface area contributed by atoms with Gasteiger partial charge in [0, 0.05) is 32.4 Å². The Kier molecular flexibility index (Phi) is 6.37. The number of morpholine rings is 1. The number of sulfonamides is 1. The number of nitrogens with one attached hydrogen (secondary N) is 2. The molecule has 1 aliphatic heterocycles. The number of benzene rings is 1. The molecule has 0 amide bonds. The lowest BCUT2D eigenvalue weighted by Gasteiger charge is -2.48. The van der Waals surface area contributed by atoms with E-state index in [0.717, 1.165) is 25.5 Å². The van der Waals surface area contributed by atoms with E-state index in [9.17, 15) is 12.8 Å². The van der Waals surface area contributed by atoms with Gasteiger partial charge in [-0.3, -0.25) is 0 Å². The van der Waals surface area contributed by atoms with Crippen LogP contribution in [0.1, 0.15) is 19.3 Å². The smallest absolute Gasteiger partial charge is 0.240 e. The first-order valence-electron chi connectivity index (χ1n) is 10.2. The van der Waals surface area contributed by atoms with E-state index in [-0.39, 0.29) is 35.4 Å². The lowest BCUT2D eigenvalue weighted by Crippen LogP contribution is -2.56. The number of hydrogen-bond acceptors (Lipinski definition) is 8. The molecule has 4 rings (SSSR count). The van der Waals surface area contributed by atoms with E-state index in [1.807, 2.05) is 4.90 Å². The van der Waals surface area contributed by atoms with E-state index in [1.54, 1.807) is 12.1 Å². The van der Waals surface area contributed by atoms with Crippen LogP contribution in [0.5, 0.6) is 0 Å². The van der Waals surface area contributed by atoms with Crippen molar-refractivity contribution in [1.29, 1.82) is 0 Å². The van der Waals surface area contributed by atoms with Gasteiger partial charge in [0.15, 0.2) is 11.6 Å². The van der Waals surface area contributed by atoms with Gasteiger partial charge in [0.25, 0.3) is 0 Å². The summed E-state index contributed by atoms with van der Waals surface area (Å²) < 4.78 is 52.2. The molecule has 11 heteroatoms. The summed E-state index contributed by atoms with van der Waals surface area (Å²) in [5, 5.41) is 3.01. The second-order valence-corrected chi connectivity index (χ2v) is 9.48. The van der Waals surface area contributed by atoms with E-state index < -0.39 is 15.8 Å². The number of rotatable bonds is 8. The highest BCUT2D eigenvalue weighted by molar-refractivity contribution is 7.89. The summed E-state index contributed by atoms with van der Waals surface area (Å²) in [5.74, 6) is -0.00140. The molecule has 2 N–H and O–H groups in total. The SMILES string of the molecule is COCCNS(=O)(=O)c1ccc(Nc2ncc(F)c(N3CCOC4(CCC4)C3)n2)cc1. The van der Waals surface area contributed by atoms with Gasteiger partial charge in [-0.25, -0.2) is 22.5 Å². The van der Waals surface area contributed by atoms with Crippen molar-refractivity contribution in [2.45, 2.75) is 29.8 Å². The average molecular weight is 452 g/mol. The Hall–Kier alpha value is -2.34. The molecule has 2 fully saturated rings. The van der Waals surface area contributed by atoms with Crippen molar-refractivity contribution in [3.05, 3.63) is 36.3 Å². The molecule has 31 heavy (non-hydrogen) atoms. The van der Waals surface area contributed by atoms with Crippen LogP contribution in [0.3, 0.4) is 0 Å². The standard InChI is InChI=1S/C20H26FN5O4S/c1-29-11-9-23-31(27,28)16-5-3-15(4-6-16)24-19-22-13-17(21)18(25-19)26-10-12-30-20(14-26)7-2-8-20/h3-6,13,23H,2,7-12,14H2,1H3,(H,22,24,25). The highest BCUT2D eigenvalue weighted by atomic mass is 32.2. The van der Waals surface area contributed by atoms with Gasteiger partial charge in [-0.1, -0.05) is 0 Å².